The molecule has 1 aliphatic heterocycles. The van der Waals surface area contributed by atoms with Crippen LogP contribution in [-0.2, 0) is 29.2 Å². The van der Waals surface area contributed by atoms with Crippen molar-refractivity contribution >= 4 is 24.2 Å². The van der Waals surface area contributed by atoms with Crippen LogP contribution in [0.4, 0.5) is 0 Å². The first-order chi connectivity index (χ1) is 10.5. The number of carbonyl (C=O) groups is 2. The van der Waals surface area contributed by atoms with E-state index in [9.17, 15) is 9.59 Å². The van der Waals surface area contributed by atoms with Gasteiger partial charge in [-0.2, -0.15) is 0 Å². The van der Waals surface area contributed by atoms with Crippen LogP contribution < -0.4 is 16.0 Å². The Hall–Kier alpha value is -1.59. The minimum absolute atomic E-state index is 0. The average molecular weight is 340 g/mol. The summed E-state index contributed by atoms with van der Waals surface area (Å²) in [5.74, 6) is 0.276. The molecule has 0 aliphatic carbocycles. The molecule has 128 valence electrons. The highest BCUT2D eigenvalue weighted by Gasteiger charge is 2.11. The van der Waals surface area contributed by atoms with Crippen molar-refractivity contribution in [3.63, 3.8) is 0 Å². The van der Waals surface area contributed by atoms with E-state index in [2.05, 4.69) is 41.9 Å². The topological polar surface area (TPSA) is 70.2 Å². The van der Waals surface area contributed by atoms with Gasteiger partial charge in [0.15, 0.2) is 0 Å². The molecule has 2 rings (SSSR count). The molecule has 0 saturated heterocycles. The summed E-state index contributed by atoms with van der Waals surface area (Å²) in [4.78, 5) is 23.3. The molecule has 1 aromatic rings. The van der Waals surface area contributed by atoms with Gasteiger partial charge in [0.1, 0.15) is 0 Å². The number of fused-ring (bicyclic) bond motifs is 1. The van der Waals surface area contributed by atoms with Gasteiger partial charge in [-0.25, -0.2) is 0 Å². The number of halogens is 1. The van der Waals surface area contributed by atoms with Gasteiger partial charge in [0.25, 0.3) is 0 Å². The van der Waals surface area contributed by atoms with Crippen molar-refractivity contribution < 1.29 is 9.59 Å². The largest absolute Gasteiger partial charge is 0.350 e. The first-order valence-electron chi connectivity index (χ1n) is 7.89. The van der Waals surface area contributed by atoms with Gasteiger partial charge < -0.3 is 16.0 Å². The fourth-order valence-electron chi connectivity index (χ4n) is 2.41. The summed E-state index contributed by atoms with van der Waals surface area (Å²) in [5.41, 5.74) is 3.71. The zero-order chi connectivity index (χ0) is 15.9. The average Bonchev–Trinajstić information content (AvgIpc) is 2.96. The number of hydrogen-bond donors (Lipinski definition) is 3. The molecule has 2 amide bonds. The van der Waals surface area contributed by atoms with E-state index in [4.69, 9.17) is 0 Å². The molecule has 6 heteroatoms. The third kappa shape index (κ3) is 6.59. The van der Waals surface area contributed by atoms with Crippen molar-refractivity contribution in [3.05, 3.63) is 34.9 Å². The van der Waals surface area contributed by atoms with Gasteiger partial charge >= 0.3 is 0 Å². The number of carbonyl (C=O) groups excluding carboxylic acids is 2. The Bertz CT molecular complexity index is 547. The van der Waals surface area contributed by atoms with Crippen molar-refractivity contribution in [2.24, 2.45) is 5.92 Å². The standard InChI is InChI=1S/C17H25N3O2.ClH/c1-12(2)3-6-16(21)20-11-17(22)19-8-13-4-5-14-9-18-10-15(14)7-13;/h4-5,7,12,18H,3,6,8-11H2,1-2H3,(H,19,22)(H,20,21);1H. The predicted molar refractivity (Wildman–Crippen MR) is 93.2 cm³/mol. The molecule has 5 nitrogen and oxygen atoms in total. The lowest BCUT2D eigenvalue weighted by Crippen LogP contribution is -2.36. The summed E-state index contributed by atoms with van der Waals surface area (Å²) in [6.45, 7) is 6.50. The molecule has 0 unspecified atom stereocenters. The van der Waals surface area contributed by atoms with E-state index in [1.807, 2.05) is 6.07 Å². The molecule has 0 radical (unpaired) electrons. The second-order valence-electron chi connectivity index (χ2n) is 6.19. The van der Waals surface area contributed by atoms with Crippen LogP contribution in [0.3, 0.4) is 0 Å². The first-order valence-corrected chi connectivity index (χ1v) is 7.89. The molecule has 1 heterocycles. The van der Waals surface area contributed by atoms with Gasteiger partial charge in [-0.05, 0) is 29.0 Å². The lowest BCUT2D eigenvalue weighted by Gasteiger charge is -2.09. The van der Waals surface area contributed by atoms with E-state index in [0.717, 1.165) is 25.1 Å². The van der Waals surface area contributed by atoms with Gasteiger partial charge in [0.2, 0.25) is 11.8 Å². The van der Waals surface area contributed by atoms with Crippen LogP contribution >= 0.6 is 12.4 Å². The van der Waals surface area contributed by atoms with Gasteiger partial charge in [0.05, 0.1) is 6.54 Å². The maximum Gasteiger partial charge on any atom is 0.239 e. The Morgan fingerprint density at radius 3 is 2.61 bits per heavy atom. The highest BCUT2D eigenvalue weighted by molar-refractivity contribution is 5.85. The summed E-state index contributed by atoms with van der Waals surface area (Å²) in [7, 11) is 0. The van der Waals surface area contributed by atoms with Crippen LogP contribution in [0.5, 0.6) is 0 Å². The van der Waals surface area contributed by atoms with Crippen molar-refractivity contribution in [2.45, 2.75) is 46.3 Å². The zero-order valence-electron chi connectivity index (χ0n) is 13.8. The molecule has 3 N–H and O–H groups in total. The Morgan fingerprint density at radius 1 is 1.13 bits per heavy atom. The molecule has 23 heavy (non-hydrogen) atoms. The fraction of sp³-hybridized carbons (Fsp3) is 0.529. The molecule has 0 fully saturated rings. The van der Waals surface area contributed by atoms with Crippen LogP contribution in [-0.4, -0.2) is 18.4 Å². The van der Waals surface area contributed by atoms with E-state index in [1.165, 1.54) is 11.1 Å². The highest BCUT2D eigenvalue weighted by Crippen LogP contribution is 2.16. The lowest BCUT2D eigenvalue weighted by molar-refractivity contribution is -0.126. The van der Waals surface area contributed by atoms with Crippen molar-refractivity contribution in [1.82, 2.24) is 16.0 Å². The number of benzene rings is 1. The number of nitrogens with one attached hydrogen (secondary N) is 3. The summed E-state index contributed by atoms with van der Waals surface area (Å²) in [6.07, 6.45) is 1.32. The minimum Gasteiger partial charge on any atom is -0.350 e. The maximum absolute atomic E-state index is 11.8. The first kappa shape index (κ1) is 19.5. The van der Waals surface area contributed by atoms with E-state index in [0.29, 0.717) is 18.9 Å². The summed E-state index contributed by atoms with van der Waals surface area (Å²) in [5, 5.41) is 8.79. The lowest BCUT2D eigenvalue weighted by atomic mass is 10.1. The normalized spacial score (nSPS) is 12.5. The van der Waals surface area contributed by atoms with Gasteiger partial charge in [-0.1, -0.05) is 32.0 Å². The number of rotatable bonds is 7. The SMILES string of the molecule is CC(C)CCC(=O)NCC(=O)NCc1ccc2c(c1)CNC2.Cl. The fourth-order valence-corrected chi connectivity index (χ4v) is 2.41. The molecule has 0 bridgehead atoms. The maximum atomic E-state index is 11.8. The Balaban J connectivity index is 0.00000264. The Morgan fingerprint density at radius 2 is 1.87 bits per heavy atom. The highest BCUT2D eigenvalue weighted by atomic mass is 35.5. The van der Waals surface area contributed by atoms with Crippen LogP contribution in [0, 0.1) is 5.92 Å². The van der Waals surface area contributed by atoms with E-state index in [-0.39, 0.29) is 30.8 Å². The molecule has 0 atom stereocenters. The second kappa shape index (κ2) is 9.53. The second-order valence-corrected chi connectivity index (χ2v) is 6.19. The van der Waals surface area contributed by atoms with Gasteiger partial charge in [-0.3, -0.25) is 9.59 Å². The van der Waals surface area contributed by atoms with Crippen LogP contribution in [0.25, 0.3) is 0 Å². The van der Waals surface area contributed by atoms with E-state index < -0.39 is 0 Å². The number of amides is 2. The Labute approximate surface area is 144 Å². The van der Waals surface area contributed by atoms with Crippen LogP contribution in [0.1, 0.15) is 43.4 Å². The van der Waals surface area contributed by atoms with Crippen molar-refractivity contribution in [2.75, 3.05) is 6.54 Å². The third-order valence-corrected chi connectivity index (χ3v) is 3.79. The summed E-state index contributed by atoms with van der Waals surface area (Å²) < 4.78 is 0. The molecular weight excluding hydrogens is 314 g/mol. The van der Waals surface area contributed by atoms with Crippen LogP contribution in [0.15, 0.2) is 18.2 Å². The predicted octanol–water partition coefficient (Wildman–Crippen LogP) is 1.88. The molecular formula is C17H26ClN3O2. The zero-order valence-corrected chi connectivity index (χ0v) is 14.6. The van der Waals surface area contributed by atoms with E-state index >= 15 is 0 Å². The minimum atomic E-state index is -0.156. The monoisotopic (exact) mass is 339 g/mol. The third-order valence-electron chi connectivity index (χ3n) is 3.79. The molecule has 0 saturated carbocycles. The van der Waals surface area contributed by atoms with Crippen molar-refractivity contribution in [1.29, 1.82) is 0 Å². The Kier molecular flexibility index (Phi) is 8.06. The molecule has 1 aromatic carbocycles. The molecule has 0 spiro atoms. The molecule has 0 aromatic heterocycles. The smallest absolute Gasteiger partial charge is 0.239 e. The number of hydrogen-bond acceptors (Lipinski definition) is 3. The van der Waals surface area contributed by atoms with Gasteiger partial charge in [0, 0.05) is 26.1 Å². The summed E-state index contributed by atoms with van der Waals surface area (Å²) in [6, 6.07) is 6.26. The van der Waals surface area contributed by atoms with E-state index in [1.54, 1.807) is 0 Å². The quantitative estimate of drug-likeness (QED) is 0.710. The molecule has 1 aliphatic rings. The van der Waals surface area contributed by atoms with Gasteiger partial charge in [-0.15, -0.1) is 12.4 Å². The van der Waals surface area contributed by atoms with Crippen LogP contribution in [0.2, 0.25) is 0 Å². The summed E-state index contributed by atoms with van der Waals surface area (Å²) >= 11 is 0. The van der Waals surface area contributed by atoms with Crippen molar-refractivity contribution in [3.8, 4) is 0 Å².